The fourth-order valence-corrected chi connectivity index (χ4v) is 4.56. The van der Waals surface area contributed by atoms with Crippen LogP contribution in [0.1, 0.15) is 55.3 Å². The number of carbonyl (C=O) groups is 2. The number of amides is 2. The molecule has 0 aromatic heterocycles. The first-order valence-electron chi connectivity index (χ1n) is 10.5. The van der Waals surface area contributed by atoms with Gasteiger partial charge in [0.25, 0.3) is 0 Å². The Hall–Kier alpha value is -2.33. The molecule has 0 saturated carbocycles. The molecule has 0 radical (unpaired) electrons. The summed E-state index contributed by atoms with van der Waals surface area (Å²) in [5.41, 5.74) is 4.82. The lowest BCUT2D eigenvalue weighted by molar-refractivity contribution is -0.127. The molecule has 5 heteroatoms. The van der Waals surface area contributed by atoms with Gasteiger partial charge in [-0.3, -0.25) is 9.59 Å². The number of carbonyl (C=O) groups excluding carboxylic acids is 2. The first-order chi connectivity index (χ1) is 14.0. The molecule has 2 aromatic rings. The number of rotatable bonds is 5. The van der Waals surface area contributed by atoms with E-state index in [1.807, 2.05) is 12.1 Å². The average molecular weight is 411 g/mol. The molecule has 1 saturated heterocycles. The number of hydrogen-bond acceptors (Lipinski definition) is 2. The van der Waals surface area contributed by atoms with E-state index in [9.17, 15) is 9.59 Å². The number of fused-ring (bicyclic) bond motifs is 1. The summed E-state index contributed by atoms with van der Waals surface area (Å²) < 4.78 is 0. The predicted molar refractivity (Wildman–Crippen MR) is 116 cm³/mol. The fraction of sp³-hybridized carbons (Fsp3) is 0.417. The zero-order valence-corrected chi connectivity index (χ0v) is 17.5. The highest BCUT2D eigenvalue weighted by Crippen LogP contribution is 2.29. The van der Waals surface area contributed by atoms with Gasteiger partial charge in [-0.1, -0.05) is 36.7 Å². The molecule has 152 valence electrons. The summed E-state index contributed by atoms with van der Waals surface area (Å²) in [6.07, 6.45) is 5.86. The fourth-order valence-electron chi connectivity index (χ4n) is 4.43. The summed E-state index contributed by atoms with van der Waals surface area (Å²) in [5.74, 6) is -0.390. The first-order valence-corrected chi connectivity index (χ1v) is 10.9. The third kappa shape index (κ3) is 4.32. The van der Waals surface area contributed by atoms with Gasteiger partial charge in [0, 0.05) is 23.7 Å². The van der Waals surface area contributed by atoms with Crippen LogP contribution in [0.15, 0.2) is 42.5 Å². The third-order valence-corrected chi connectivity index (χ3v) is 6.39. The SMILES string of the molecule is CCC(NC(=O)C1CC(=O)N(c2ccc(Cl)cc2)C1)c1ccc2c(c1)CCCC2. The maximum absolute atomic E-state index is 12.9. The Bertz CT molecular complexity index is 910. The van der Waals surface area contributed by atoms with Gasteiger partial charge >= 0.3 is 0 Å². The second kappa shape index (κ2) is 8.58. The number of halogens is 1. The zero-order valence-electron chi connectivity index (χ0n) is 16.8. The monoisotopic (exact) mass is 410 g/mol. The van der Waals surface area contributed by atoms with Gasteiger partial charge in [0.15, 0.2) is 0 Å². The third-order valence-electron chi connectivity index (χ3n) is 6.13. The smallest absolute Gasteiger partial charge is 0.227 e. The van der Waals surface area contributed by atoms with Gasteiger partial charge < -0.3 is 10.2 Å². The van der Waals surface area contributed by atoms with Gasteiger partial charge in [-0.15, -0.1) is 0 Å². The maximum atomic E-state index is 12.9. The van der Waals surface area contributed by atoms with Gasteiger partial charge in [-0.25, -0.2) is 0 Å². The van der Waals surface area contributed by atoms with Crippen LogP contribution in [0.25, 0.3) is 0 Å². The Morgan fingerprint density at radius 2 is 1.86 bits per heavy atom. The molecule has 2 atom stereocenters. The molecule has 1 heterocycles. The number of nitrogens with zero attached hydrogens (tertiary/aromatic N) is 1. The Labute approximate surface area is 177 Å². The zero-order chi connectivity index (χ0) is 20.4. The Morgan fingerprint density at radius 1 is 1.14 bits per heavy atom. The molecule has 0 bridgehead atoms. The van der Waals surface area contributed by atoms with Crippen LogP contribution in [-0.2, 0) is 22.4 Å². The summed E-state index contributed by atoms with van der Waals surface area (Å²) >= 11 is 5.94. The van der Waals surface area contributed by atoms with Crippen molar-refractivity contribution in [3.05, 3.63) is 64.2 Å². The van der Waals surface area contributed by atoms with Crippen LogP contribution in [0.3, 0.4) is 0 Å². The number of benzene rings is 2. The van der Waals surface area contributed by atoms with Crippen LogP contribution in [0.4, 0.5) is 5.69 Å². The Morgan fingerprint density at radius 3 is 2.59 bits per heavy atom. The summed E-state index contributed by atoms with van der Waals surface area (Å²) in [6, 6.07) is 13.8. The largest absolute Gasteiger partial charge is 0.349 e. The second-order valence-corrected chi connectivity index (χ2v) is 8.52. The number of nitrogens with one attached hydrogen (secondary N) is 1. The van der Waals surface area contributed by atoms with Crippen molar-refractivity contribution >= 4 is 29.1 Å². The van der Waals surface area contributed by atoms with Crippen molar-refractivity contribution in [2.45, 2.75) is 51.5 Å². The average Bonchev–Trinajstić information content (AvgIpc) is 3.14. The van der Waals surface area contributed by atoms with Crippen LogP contribution >= 0.6 is 11.6 Å². The minimum absolute atomic E-state index is 0.0191. The molecule has 0 spiro atoms. The van der Waals surface area contributed by atoms with Gasteiger partial charge in [0.2, 0.25) is 11.8 Å². The Balaban J connectivity index is 1.44. The van der Waals surface area contributed by atoms with E-state index in [1.54, 1.807) is 17.0 Å². The number of aryl methyl sites for hydroxylation is 2. The van der Waals surface area contributed by atoms with E-state index in [0.717, 1.165) is 24.9 Å². The number of hydrogen-bond donors (Lipinski definition) is 1. The van der Waals surface area contributed by atoms with E-state index in [2.05, 4.69) is 30.4 Å². The van der Waals surface area contributed by atoms with Crippen molar-refractivity contribution in [3.63, 3.8) is 0 Å². The van der Waals surface area contributed by atoms with Crippen molar-refractivity contribution in [2.24, 2.45) is 5.92 Å². The van der Waals surface area contributed by atoms with Crippen LogP contribution < -0.4 is 10.2 Å². The lowest BCUT2D eigenvalue weighted by Crippen LogP contribution is -2.35. The molecule has 1 aliphatic heterocycles. The maximum Gasteiger partial charge on any atom is 0.227 e. The van der Waals surface area contributed by atoms with Gasteiger partial charge in [-0.05, 0) is 73.1 Å². The van der Waals surface area contributed by atoms with Gasteiger partial charge in [0.05, 0.1) is 12.0 Å². The van der Waals surface area contributed by atoms with E-state index in [-0.39, 0.29) is 30.2 Å². The quantitative estimate of drug-likeness (QED) is 0.766. The van der Waals surface area contributed by atoms with Crippen molar-refractivity contribution in [1.29, 1.82) is 0 Å². The van der Waals surface area contributed by atoms with E-state index in [4.69, 9.17) is 11.6 Å². The second-order valence-electron chi connectivity index (χ2n) is 8.09. The minimum Gasteiger partial charge on any atom is -0.349 e. The van der Waals surface area contributed by atoms with E-state index in [0.29, 0.717) is 11.6 Å². The van der Waals surface area contributed by atoms with E-state index >= 15 is 0 Å². The molecule has 2 aromatic carbocycles. The summed E-state index contributed by atoms with van der Waals surface area (Å²) in [7, 11) is 0. The highest BCUT2D eigenvalue weighted by Gasteiger charge is 2.35. The van der Waals surface area contributed by atoms with Crippen molar-refractivity contribution in [3.8, 4) is 0 Å². The minimum atomic E-state index is -0.329. The molecule has 4 nitrogen and oxygen atoms in total. The molecule has 2 aliphatic rings. The van der Waals surface area contributed by atoms with E-state index < -0.39 is 0 Å². The molecule has 2 unspecified atom stereocenters. The molecular weight excluding hydrogens is 384 g/mol. The van der Waals surface area contributed by atoms with Gasteiger partial charge in [-0.2, -0.15) is 0 Å². The van der Waals surface area contributed by atoms with Crippen LogP contribution in [0, 0.1) is 5.92 Å². The standard InChI is InChI=1S/C24H27ClN2O2/c1-2-22(18-8-7-16-5-3-4-6-17(16)13-18)26-24(29)19-14-23(28)27(15-19)21-11-9-20(25)10-12-21/h7-13,19,22H,2-6,14-15H2,1H3,(H,26,29). The van der Waals surface area contributed by atoms with E-state index in [1.165, 1.54) is 29.5 Å². The normalized spacial score (nSPS) is 19.7. The lowest BCUT2D eigenvalue weighted by atomic mass is 9.88. The molecule has 2 amide bonds. The van der Waals surface area contributed by atoms with Gasteiger partial charge in [0.1, 0.15) is 0 Å². The number of anilines is 1. The molecular formula is C24H27ClN2O2. The predicted octanol–water partition coefficient (Wildman–Crippen LogP) is 4.84. The lowest BCUT2D eigenvalue weighted by Gasteiger charge is -2.23. The molecule has 1 N–H and O–H groups in total. The summed E-state index contributed by atoms with van der Waals surface area (Å²) in [5, 5.41) is 3.82. The van der Waals surface area contributed by atoms with Crippen LogP contribution in [0.5, 0.6) is 0 Å². The molecule has 29 heavy (non-hydrogen) atoms. The van der Waals surface area contributed by atoms with Crippen molar-refractivity contribution in [2.75, 3.05) is 11.4 Å². The highest BCUT2D eigenvalue weighted by atomic mass is 35.5. The first kappa shape index (κ1) is 20.0. The highest BCUT2D eigenvalue weighted by molar-refractivity contribution is 6.30. The topological polar surface area (TPSA) is 49.4 Å². The summed E-state index contributed by atoms with van der Waals surface area (Å²) in [4.78, 5) is 27.1. The summed E-state index contributed by atoms with van der Waals surface area (Å²) in [6.45, 7) is 2.50. The van der Waals surface area contributed by atoms with Crippen LogP contribution in [0.2, 0.25) is 5.02 Å². The molecule has 1 aliphatic carbocycles. The van der Waals surface area contributed by atoms with Crippen LogP contribution in [-0.4, -0.2) is 18.4 Å². The van der Waals surface area contributed by atoms with Crippen molar-refractivity contribution in [1.82, 2.24) is 5.32 Å². The Kier molecular flexibility index (Phi) is 5.91. The molecule has 1 fully saturated rings. The molecule has 4 rings (SSSR count). The van der Waals surface area contributed by atoms with Crippen molar-refractivity contribution < 1.29 is 9.59 Å².